The average molecular weight is 505 g/mol. The van der Waals surface area contributed by atoms with Gasteiger partial charge in [0.2, 0.25) is 0 Å². The first kappa shape index (κ1) is 24.6. The zero-order valence-electron chi connectivity index (χ0n) is 18.3. The number of rotatable bonds is 5. The van der Waals surface area contributed by atoms with Crippen LogP contribution in [0.1, 0.15) is 21.7 Å². The molecular formula is C25H20ClF3N2O4. The third-order valence-corrected chi connectivity index (χ3v) is 5.52. The molecule has 3 aromatic rings. The van der Waals surface area contributed by atoms with Crippen molar-refractivity contribution in [2.24, 2.45) is 0 Å². The molecule has 0 spiro atoms. The van der Waals surface area contributed by atoms with E-state index < -0.39 is 23.6 Å². The third kappa shape index (κ3) is 6.12. The number of hydrogen-bond acceptors (Lipinski definition) is 4. The highest BCUT2D eigenvalue weighted by molar-refractivity contribution is 6.30. The van der Waals surface area contributed by atoms with E-state index in [1.165, 1.54) is 47.4 Å². The van der Waals surface area contributed by atoms with Crippen LogP contribution in [-0.2, 0) is 15.7 Å². The van der Waals surface area contributed by atoms with E-state index in [0.717, 1.165) is 12.1 Å². The van der Waals surface area contributed by atoms with Gasteiger partial charge in [-0.3, -0.25) is 9.59 Å². The summed E-state index contributed by atoms with van der Waals surface area (Å²) in [6.45, 7) is 1.43. The van der Waals surface area contributed by atoms with Crippen molar-refractivity contribution in [3.8, 4) is 11.3 Å². The molecule has 0 atom stereocenters. The lowest BCUT2D eigenvalue weighted by Crippen LogP contribution is -2.44. The van der Waals surface area contributed by atoms with Crippen LogP contribution in [0.2, 0.25) is 5.02 Å². The Morgan fingerprint density at radius 1 is 1.00 bits per heavy atom. The number of amides is 2. The van der Waals surface area contributed by atoms with Gasteiger partial charge in [0, 0.05) is 35.3 Å². The fourth-order valence-corrected chi connectivity index (χ4v) is 3.59. The SMILES string of the molecule is O=C(NC(=Cc1ccc(-c2cccc(C(F)(F)F)c2)o1)C(=O)N1CCOCC1)c1ccc(Cl)cc1. The fourth-order valence-electron chi connectivity index (χ4n) is 3.46. The minimum Gasteiger partial charge on any atom is -0.457 e. The molecule has 1 aromatic heterocycles. The Morgan fingerprint density at radius 3 is 2.40 bits per heavy atom. The Labute approximate surface area is 203 Å². The summed E-state index contributed by atoms with van der Waals surface area (Å²) in [4.78, 5) is 27.5. The van der Waals surface area contributed by atoms with Gasteiger partial charge in [-0.2, -0.15) is 13.2 Å². The number of hydrogen-bond donors (Lipinski definition) is 1. The molecule has 0 unspecified atom stereocenters. The van der Waals surface area contributed by atoms with Crippen LogP contribution < -0.4 is 5.32 Å². The van der Waals surface area contributed by atoms with Gasteiger partial charge in [-0.25, -0.2) is 0 Å². The Morgan fingerprint density at radius 2 is 1.71 bits per heavy atom. The van der Waals surface area contributed by atoms with Gasteiger partial charge in [0.15, 0.2) is 0 Å². The number of alkyl halides is 3. The van der Waals surface area contributed by atoms with E-state index in [4.69, 9.17) is 20.8 Å². The molecular weight excluding hydrogens is 485 g/mol. The van der Waals surface area contributed by atoms with E-state index in [2.05, 4.69) is 5.32 Å². The first-order valence-electron chi connectivity index (χ1n) is 10.6. The van der Waals surface area contributed by atoms with Gasteiger partial charge in [0.05, 0.1) is 18.8 Å². The highest BCUT2D eigenvalue weighted by atomic mass is 35.5. The molecule has 0 bridgehead atoms. The van der Waals surface area contributed by atoms with Crippen molar-refractivity contribution in [2.45, 2.75) is 6.18 Å². The van der Waals surface area contributed by atoms with Gasteiger partial charge in [0.25, 0.3) is 11.8 Å². The van der Waals surface area contributed by atoms with E-state index in [1.54, 1.807) is 12.1 Å². The summed E-state index contributed by atoms with van der Waals surface area (Å²) in [6, 6.07) is 13.9. The Bertz CT molecular complexity index is 1250. The number of carbonyl (C=O) groups is 2. The van der Waals surface area contributed by atoms with Crippen LogP contribution in [0, 0.1) is 0 Å². The topological polar surface area (TPSA) is 71.8 Å². The van der Waals surface area contributed by atoms with E-state index in [-0.39, 0.29) is 22.8 Å². The number of carbonyl (C=O) groups excluding carboxylic acids is 2. The van der Waals surface area contributed by atoms with Gasteiger partial charge < -0.3 is 19.4 Å². The van der Waals surface area contributed by atoms with Crippen molar-refractivity contribution in [2.75, 3.05) is 26.3 Å². The smallest absolute Gasteiger partial charge is 0.416 e. The normalized spacial score (nSPS) is 14.6. The van der Waals surface area contributed by atoms with Crippen LogP contribution in [0.15, 0.2) is 70.8 Å². The van der Waals surface area contributed by atoms with Crippen molar-refractivity contribution in [1.29, 1.82) is 0 Å². The first-order chi connectivity index (χ1) is 16.7. The van der Waals surface area contributed by atoms with Crippen LogP contribution in [0.5, 0.6) is 0 Å². The molecule has 0 aliphatic carbocycles. The molecule has 4 rings (SSSR count). The molecule has 182 valence electrons. The predicted molar refractivity (Wildman–Crippen MR) is 123 cm³/mol. The maximum absolute atomic E-state index is 13.2. The van der Waals surface area contributed by atoms with Crippen LogP contribution >= 0.6 is 11.6 Å². The van der Waals surface area contributed by atoms with E-state index in [9.17, 15) is 22.8 Å². The lowest BCUT2D eigenvalue weighted by molar-refractivity contribution is -0.137. The van der Waals surface area contributed by atoms with Gasteiger partial charge in [0.1, 0.15) is 17.2 Å². The minimum atomic E-state index is -4.49. The quantitative estimate of drug-likeness (QED) is 0.482. The highest BCUT2D eigenvalue weighted by Gasteiger charge is 2.30. The van der Waals surface area contributed by atoms with Gasteiger partial charge in [-0.15, -0.1) is 0 Å². The molecule has 2 amide bonds. The van der Waals surface area contributed by atoms with Crippen molar-refractivity contribution in [1.82, 2.24) is 10.2 Å². The van der Waals surface area contributed by atoms with Gasteiger partial charge in [-0.05, 0) is 48.5 Å². The average Bonchev–Trinajstić information content (AvgIpc) is 3.32. The van der Waals surface area contributed by atoms with E-state index in [0.29, 0.717) is 36.9 Å². The summed E-state index contributed by atoms with van der Waals surface area (Å²) < 4.78 is 50.2. The maximum Gasteiger partial charge on any atom is 0.416 e. The van der Waals surface area contributed by atoms with Gasteiger partial charge >= 0.3 is 6.18 Å². The number of benzene rings is 2. The highest BCUT2D eigenvalue weighted by Crippen LogP contribution is 2.33. The molecule has 0 saturated carbocycles. The molecule has 1 aliphatic heterocycles. The summed E-state index contributed by atoms with van der Waals surface area (Å²) in [5.41, 5.74) is -0.330. The largest absolute Gasteiger partial charge is 0.457 e. The van der Waals surface area contributed by atoms with Crippen molar-refractivity contribution >= 4 is 29.5 Å². The Hall–Kier alpha value is -3.56. The molecule has 10 heteroatoms. The van der Waals surface area contributed by atoms with Crippen LogP contribution in [0.4, 0.5) is 13.2 Å². The first-order valence-corrected chi connectivity index (χ1v) is 11.0. The summed E-state index contributed by atoms with van der Waals surface area (Å²) in [5.74, 6) is -0.596. The van der Waals surface area contributed by atoms with Crippen molar-refractivity contribution in [3.05, 3.63) is 88.3 Å². The summed E-state index contributed by atoms with van der Waals surface area (Å²) in [7, 11) is 0. The molecule has 1 N–H and O–H groups in total. The lowest BCUT2D eigenvalue weighted by Gasteiger charge is -2.27. The molecule has 2 aromatic carbocycles. The number of halogens is 4. The predicted octanol–water partition coefficient (Wildman–Crippen LogP) is 5.25. The zero-order chi connectivity index (χ0) is 25.0. The number of furan rings is 1. The monoisotopic (exact) mass is 504 g/mol. The lowest BCUT2D eigenvalue weighted by atomic mass is 10.1. The van der Waals surface area contributed by atoms with Crippen LogP contribution in [0.3, 0.4) is 0 Å². The van der Waals surface area contributed by atoms with E-state index >= 15 is 0 Å². The second-order valence-electron chi connectivity index (χ2n) is 7.70. The Kier molecular flexibility index (Phi) is 7.28. The number of morpholine rings is 1. The third-order valence-electron chi connectivity index (χ3n) is 5.27. The molecule has 1 aliphatic rings. The summed E-state index contributed by atoms with van der Waals surface area (Å²) in [5, 5.41) is 3.07. The Balaban J connectivity index is 1.63. The second-order valence-corrected chi connectivity index (χ2v) is 8.14. The molecule has 2 heterocycles. The standard InChI is InChI=1S/C25H20ClF3N2O4/c26-19-6-4-16(5-7-19)23(32)30-21(24(33)31-10-12-34-13-11-31)15-20-8-9-22(35-20)17-2-1-3-18(14-17)25(27,28)29/h1-9,14-15H,10-13H2,(H,30,32). The molecule has 0 radical (unpaired) electrons. The number of ether oxygens (including phenoxy) is 1. The maximum atomic E-state index is 13.2. The summed E-state index contributed by atoms with van der Waals surface area (Å²) >= 11 is 5.88. The van der Waals surface area contributed by atoms with Gasteiger partial charge in [-0.1, -0.05) is 23.7 Å². The van der Waals surface area contributed by atoms with Crippen molar-refractivity contribution in [3.63, 3.8) is 0 Å². The zero-order valence-corrected chi connectivity index (χ0v) is 19.0. The molecule has 35 heavy (non-hydrogen) atoms. The van der Waals surface area contributed by atoms with Crippen LogP contribution in [0.25, 0.3) is 17.4 Å². The summed E-state index contributed by atoms with van der Waals surface area (Å²) in [6.07, 6.45) is -3.14. The van der Waals surface area contributed by atoms with Crippen LogP contribution in [-0.4, -0.2) is 43.0 Å². The number of nitrogens with zero attached hydrogens (tertiary/aromatic N) is 1. The second kappa shape index (κ2) is 10.4. The molecule has 1 fully saturated rings. The number of nitrogens with one attached hydrogen (secondary N) is 1. The van der Waals surface area contributed by atoms with E-state index in [1.807, 2.05) is 0 Å². The fraction of sp³-hybridized carbons (Fsp3) is 0.200. The molecule has 6 nitrogen and oxygen atoms in total. The minimum absolute atomic E-state index is 0.0446. The van der Waals surface area contributed by atoms with Crippen molar-refractivity contribution < 1.29 is 31.9 Å². The molecule has 1 saturated heterocycles.